The monoisotopic (exact) mass is 629 g/mol. The molecule has 0 spiro atoms. The minimum atomic E-state index is -4.11. The molecule has 234 valence electrons. The van der Waals surface area contributed by atoms with E-state index >= 15 is 0 Å². The van der Waals surface area contributed by atoms with Crippen molar-refractivity contribution in [1.29, 1.82) is 0 Å². The van der Waals surface area contributed by atoms with Gasteiger partial charge in [0.05, 0.1) is 36.7 Å². The van der Waals surface area contributed by atoms with E-state index in [1.165, 1.54) is 17.0 Å². The molecule has 4 atom stereocenters. The number of aryl methyl sites for hydroxylation is 1. The van der Waals surface area contributed by atoms with Gasteiger partial charge in [0.1, 0.15) is 18.1 Å². The Labute approximate surface area is 256 Å². The number of nitrogens with zero attached hydrogens (tertiary/aromatic N) is 1. The third kappa shape index (κ3) is 6.59. The topological polar surface area (TPSA) is 108 Å². The summed E-state index contributed by atoms with van der Waals surface area (Å²) in [6.07, 6.45) is -0.337. The average Bonchev–Trinajstić information content (AvgIpc) is 3.25. The number of esters is 1. The van der Waals surface area contributed by atoms with Crippen molar-refractivity contribution in [3.8, 4) is 5.75 Å². The minimum Gasteiger partial charge on any atom is -0.497 e. The predicted octanol–water partition coefficient (Wildman–Crippen LogP) is 5.59. The van der Waals surface area contributed by atoms with Crippen LogP contribution in [0.4, 0.5) is 0 Å². The lowest BCUT2D eigenvalue weighted by molar-refractivity contribution is -0.163. The van der Waals surface area contributed by atoms with Gasteiger partial charge >= 0.3 is 5.97 Å². The molecule has 2 aromatic carbocycles. The summed E-state index contributed by atoms with van der Waals surface area (Å²) >= 11 is 0. The molecule has 1 unspecified atom stereocenters. The number of rotatable bonds is 14. The number of amides is 1. The molecule has 9 nitrogen and oxygen atoms in total. The quantitative estimate of drug-likeness (QED) is 0.115. The molecule has 4 rings (SSSR count). The zero-order valence-electron chi connectivity index (χ0n) is 26.1. The largest absolute Gasteiger partial charge is 0.497 e. The summed E-state index contributed by atoms with van der Waals surface area (Å²) in [6.45, 7) is 11.7. The number of benzene rings is 2. The van der Waals surface area contributed by atoms with Gasteiger partial charge in [-0.1, -0.05) is 57.5 Å². The third-order valence-electron chi connectivity index (χ3n) is 9.07. The fraction of sp³-hybridized carbons (Fsp3) is 0.500. The Hall–Kier alpha value is -2.99. The van der Waals surface area contributed by atoms with Crippen molar-refractivity contribution in [3.63, 3.8) is 0 Å². The summed E-state index contributed by atoms with van der Waals surface area (Å²) in [5.74, 6) is -1.04. The van der Waals surface area contributed by atoms with Gasteiger partial charge in [-0.15, -0.1) is 0 Å². The van der Waals surface area contributed by atoms with E-state index in [4.69, 9.17) is 18.1 Å². The molecule has 0 radical (unpaired) electrons. The SMILES string of the molecule is CC[Si](CC)(CC)OC(C)[C@H]1C(=O)N2C(C(=O)OCc3ccc(OC)cc3)=C(COS(=O)(=O)c3ccc(C)cc3)[C@H](C)[C@@H]12. The highest BCUT2D eigenvalue weighted by Gasteiger charge is 2.61. The smallest absolute Gasteiger partial charge is 0.355 e. The highest BCUT2D eigenvalue weighted by Crippen LogP contribution is 2.48. The maximum Gasteiger partial charge on any atom is 0.355 e. The average molecular weight is 630 g/mol. The van der Waals surface area contributed by atoms with Gasteiger partial charge in [0, 0.05) is 5.92 Å². The first-order valence-corrected chi connectivity index (χ1v) is 18.9. The highest BCUT2D eigenvalue weighted by molar-refractivity contribution is 7.86. The summed E-state index contributed by atoms with van der Waals surface area (Å²) < 4.78 is 49.1. The second-order valence-corrected chi connectivity index (χ2v) is 17.7. The number of ether oxygens (including phenoxy) is 2. The molecule has 0 saturated carbocycles. The number of hydrogen-bond acceptors (Lipinski definition) is 8. The molecule has 2 aromatic rings. The van der Waals surface area contributed by atoms with Crippen molar-refractivity contribution in [1.82, 2.24) is 4.90 Å². The van der Waals surface area contributed by atoms with Crippen molar-refractivity contribution in [2.75, 3.05) is 13.7 Å². The summed E-state index contributed by atoms with van der Waals surface area (Å²) in [7, 11) is -4.55. The van der Waals surface area contributed by atoms with Crippen LogP contribution in [-0.2, 0) is 39.7 Å². The number of carbonyl (C=O) groups excluding carboxylic acids is 2. The van der Waals surface area contributed by atoms with E-state index < -0.39 is 30.3 Å². The fourth-order valence-electron chi connectivity index (χ4n) is 6.13. The van der Waals surface area contributed by atoms with Crippen LogP contribution in [0.5, 0.6) is 5.75 Å². The number of hydrogen-bond donors (Lipinski definition) is 0. The Morgan fingerprint density at radius 3 is 2.14 bits per heavy atom. The normalized spacial score (nSPS) is 21.0. The standard InChI is InChI=1S/C32H43NO8SSi/c1-8-43(9-2,10-3)41-23(6)28-29-22(5)27(20-40-42(36,37)26-17-11-21(4)12-18-26)30(33(29)31(28)34)32(35)39-19-24-13-15-25(38-7)16-14-24/h11-18,22-23,28-29H,8-10,19-20H2,1-7H3/t22-,23?,28+,29-/m0/s1. The van der Waals surface area contributed by atoms with Crippen molar-refractivity contribution in [3.05, 3.63) is 70.9 Å². The fourth-order valence-corrected chi connectivity index (χ4v) is 9.95. The van der Waals surface area contributed by atoms with Gasteiger partial charge in [0.2, 0.25) is 5.91 Å². The molecule has 0 aliphatic carbocycles. The van der Waals surface area contributed by atoms with Gasteiger partial charge in [-0.25, -0.2) is 4.79 Å². The van der Waals surface area contributed by atoms with Crippen LogP contribution < -0.4 is 4.74 Å². The summed E-state index contributed by atoms with van der Waals surface area (Å²) in [6, 6.07) is 16.0. The molecule has 2 heterocycles. The van der Waals surface area contributed by atoms with Crippen molar-refractivity contribution in [2.45, 2.75) is 83.3 Å². The van der Waals surface area contributed by atoms with E-state index in [1.807, 2.05) is 20.8 Å². The van der Waals surface area contributed by atoms with Crippen LogP contribution >= 0.6 is 0 Å². The zero-order chi connectivity index (χ0) is 31.5. The Morgan fingerprint density at radius 1 is 0.977 bits per heavy atom. The van der Waals surface area contributed by atoms with Gasteiger partial charge in [-0.2, -0.15) is 8.42 Å². The second kappa shape index (κ2) is 13.3. The molecular weight excluding hydrogens is 587 g/mol. The maximum atomic E-state index is 13.7. The van der Waals surface area contributed by atoms with E-state index in [0.717, 1.165) is 29.3 Å². The molecule has 2 aliphatic rings. The summed E-state index contributed by atoms with van der Waals surface area (Å²) in [5, 5.41) is 0. The zero-order valence-corrected chi connectivity index (χ0v) is 27.9. The number of methoxy groups -OCH3 is 1. The van der Waals surface area contributed by atoms with Crippen LogP contribution in [0.25, 0.3) is 0 Å². The van der Waals surface area contributed by atoms with Crippen LogP contribution in [0.2, 0.25) is 18.1 Å². The Bertz CT molecular complexity index is 1440. The number of carbonyl (C=O) groups is 2. The van der Waals surface area contributed by atoms with Crippen LogP contribution in [0.15, 0.2) is 64.7 Å². The van der Waals surface area contributed by atoms with E-state index in [-0.39, 0.29) is 47.8 Å². The van der Waals surface area contributed by atoms with Crippen LogP contribution in [0, 0.1) is 18.8 Å². The molecule has 1 amide bonds. The lowest BCUT2D eigenvalue weighted by Crippen LogP contribution is -2.65. The number of β-lactam (4-membered cyclic amide) rings is 1. The van der Waals surface area contributed by atoms with Crippen LogP contribution in [-0.4, -0.2) is 59.4 Å². The maximum absolute atomic E-state index is 13.7. The molecule has 2 aliphatic heterocycles. The minimum absolute atomic E-state index is 0.0206. The van der Waals surface area contributed by atoms with Crippen molar-refractivity contribution < 1.29 is 36.1 Å². The van der Waals surface area contributed by atoms with E-state index in [0.29, 0.717) is 11.3 Å². The van der Waals surface area contributed by atoms with Crippen LogP contribution in [0.3, 0.4) is 0 Å². The molecule has 0 aromatic heterocycles. The predicted molar refractivity (Wildman–Crippen MR) is 165 cm³/mol. The second-order valence-electron chi connectivity index (χ2n) is 11.4. The Morgan fingerprint density at radius 2 is 1.58 bits per heavy atom. The third-order valence-corrected chi connectivity index (χ3v) is 15.1. The first-order chi connectivity index (χ1) is 20.4. The van der Waals surface area contributed by atoms with Crippen molar-refractivity contribution >= 4 is 30.3 Å². The summed E-state index contributed by atoms with van der Waals surface area (Å²) in [4.78, 5) is 28.8. The molecule has 0 bridgehead atoms. The van der Waals surface area contributed by atoms with Gasteiger partial charge in [0.25, 0.3) is 10.1 Å². The first-order valence-electron chi connectivity index (χ1n) is 14.9. The van der Waals surface area contributed by atoms with E-state index in [2.05, 4.69) is 20.8 Å². The van der Waals surface area contributed by atoms with Gasteiger partial charge in [-0.3, -0.25) is 8.98 Å². The van der Waals surface area contributed by atoms with E-state index in [1.54, 1.807) is 43.5 Å². The van der Waals surface area contributed by atoms with Crippen LogP contribution in [0.1, 0.15) is 45.7 Å². The molecule has 1 saturated heterocycles. The molecule has 1 fully saturated rings. The lowest BCUT2D eigenvalue weighted by Gasteiger charge is -2.49. The Kier molecular flexibility index (Phi) is 10.2. The van der Waals surface area contributed by atoms with Gasteiger partial charge in [-0.05, 0) is 67.4 Å². The van der Waals surface area contributed by atoms with E-state index in [9.17, 15) is 18.0 Å². The van der Waals surface area contributed by atoms with Gasteiger partial charge < -0.3 is 18.8 Å². The molecule has 43 heavy (non-hydrogen) atoms. The lowest BCUT2D eigenvalue weighted by atomic mass is 9.78. The van der Waals surface area contributed by atoms with Crippen molar-refractivity contribution in [2.24, 2.45) is 11.8 Å². The molecular formula is C32H43NO8SSi. The highest BCUT2D eigenvalue weighted by atomic mass is 32.2. The Balaban J connectivity index is 1.60. The number of fused-ring (bicyclic) bond motifs is 1. The summed E-state index contributed by atoms with van der Waals surface area (Å²) in [5.41, 5.74) is 2.14. The first kappa shape index (κ1) is 32.9. The van der Waals surface area contributed by atoms with Gasteiger partial charge in [0.15, 0.2) is 8.32 Å². The molecule has 0 N–H and O–H groups in total. The molecule has 11 heteroatoms.